The minimum Gasteiger partial charge on any atom is -0.458 e. The fourth-order valence-corrected chi connectivity index (χ4v) is 1.67. The van der Waals surface area contributed by atoms with Crippen LogP contribution in [0.1, 0.15) is 27.7 Å². The van der Waals surface area contributed by atoms with E-state index in [1.807, 2.05) is 27.7 Å². The highest BCUT2D eigenvalue weighted by Gasteiger charge is 2.15. The maximum atomic E-state index is 11.4. The Kier molecular flexibility index (Phi) is 17.1. The summed E-state index contributed by atoms with van der Waals surface area (Å²) in [7, 11) is 0. The van der Waals surface area contributed by atoms with Crippen LogP contribution in [0.5, 0.6) is 0 Å². The van der Waals surface area contributed by atoms with Gasteiger partial charge in [-0.1, -0.05) is 0 Å². The Balaban J connectivity index is 3.12. The standard InChI is InChI=1S/C18H36O8/c1-5-20-6-7-21-8-9-22-10-11-23-12-13-24-14-15-25-16-17(19)26-18(2,3)4/h5-16H2,1-4H3. The second-order valence-corrected chi connectivity index (χ2v) is 6.29. The molecule has 0 N–H and O–H groups in total. The van der Waals surface area contributed by atoms with Crippen LogP contribution in [0, 0.1) is 0 Å². The number of carbonyl (C=O) groups excluding carboxylic acids is 1. The highest BCUT2D eigenvalue weighted by Crippen LogP contribution is 2.06. The van der Waals surface area contributed by atoms with Crippen molar-refractivity contribution in [3.05, 3.63) is 0 Å². The average Bonchev–Trinajstić information content (AvgIpc) is 2.56. The van der Waals surface area contributed by atoms with E-state index >= 15 is 0 Å². The normalized spacial score (nSPS) is 11.7. The molecule has 156 valence electrons. The van der Waals surface area contributed by atoms with Crippen molar-refractivity contribution < 1.29 is 38.0 Å². The molecule has 0 aromatic heterocycles. The lowest BCUT2D eigenvalue weighted by Crippen LogP contribution is -2.27. The Morgan fingerprint density at radius 3 is 1.31 bits per heavy atom. The lowest BCUT2D eigenvalue weighted by atomic mass is 10.2. The van der Waals surface area contributed by atoms with Gasteiger partial charge in [-0.05, 0) is 27.7 Å². The Morgan fingerprint density at radius 2 is 0.962 bits per heavy atom. The maximum Gasteiger partial charge on any atom is 0.332 e. The number of carbonyl (C=O) groups is 1. The molecule has 0 saturated heterocycles. The van der Waals surface area contributed by atoms with Crippen molar-refractivity contribution in [1.82, 2.24) is 0 Å². The van der Waals surface area contributed by atoms with Gasteiger partial charge in [0, 0.05) is 6.61 Å². The van der Waals surface area contributed by atoms with Crippen molar-refractivity contribution in [3.63, 3.8) is 0 Å². The van der Waals surface area contributed by atoms with Gasteiger partial charge < -0.3 is 33.2 Å². The Labute approximate surface area is 157 Å². The van der Waals surface area contributed by atoms with Gasteiger partial charge >= 0.3 is 5.97 Å². The summed E-state index contributed by atoms with van der Waals surface area (Å²) in [5, 5.41) is 0. The Bertz CT molecular complexity index is 317. The SMILES string of the molecule is CCOCCOCCOCCOCCOCCOCC(=O)OC(C)(C)C. The first-order valence-electron chi connectivity index (χ1n) is 9.14. The summed E-state index contributed by atoms with van der Waals surface area (Å²) < 4.78 is 36.8. The molecule has 0 aromatic carbocycles. The van der Waals surface area contributed by atoms with Crippen LogP contribution in [-0.4, -0.2) is 90.9 Å². The van der Waals surface area contributed by atoms with E-state index in [9.17, 15) is 4.79 Å². The number of esters is 1. The van der Waals surface area contributed by atoms with Crippen LogP contribution in [0.2, 0.25) is 0 Å². The van der Waals surface area contributed by atoms with E-state index in [1.165, 1.54) is 0 Å². The van der Waals surface area contributed by atoms with Crippen LogP contribution < -0.4 is 0 Å². The first-order valence-corrected chi connectivity index (χ1v) is 9.14. The van der Waals surface area contributed by atoms with E-state index in [-0.39, 0.29) is 12.6 Å². The highest BCUT2D eigenvalue weighted by molar-refractivity contribution is 5.71. The monoisotopic (exact) mass is 380 g/mol. The first kappa shape index (κ1) is 25.2. The molecule has 0 heterocycles. The number of ether oxygens (including phenoxy) is 7. The van der Waals surface area contributed by atoms with Crippen molar-refractivity contribution in [2.24, 2.45) is 0 Å². The molecule has 0 saturated carbocycles. The van der Waals surface area contributed by atoms with Gasteiger partial charge in [0.05, 0.1) is 66.1 Å². The summed E-state index contributed by atoms with van der Waals surface area (Å²) in [4.78, 5) is 11.4. The molecule has 0 rings (SSSR count). The first-order chi connectivity index (χ1) is 12.5. The summed E-state index contributed by atoms with van der Waals surface area (Å²) in [6, 6.07) is 0. The molecule has 0 unspecified atom stereocenters. The molecule has 0 radical (unpaired) electrons. The second-order valence-electron chi connectivity index (χ2n) is 6.29. The Morgan fingerprint density at radius 1 is 0.615 bits per heavy atom. The molecule has 0 spiro atoms. The largest absolute Gasteiger partial charge is 0.458 e. The average molecular weight is 380 g/mol. The van der Waals surface area contributed by atoms with Crippen molar-refractivity contribution in [3.8, 4) is 0 Å². The fraction of sp³-hybridized carbons (Fsp3) is 0.944. The molecular formula is C18H36O8. The molecule has 0 aliphatic rings. The molecule has 0 fully saturated rings. The van der Waals surface area contributed by atoms with Gasteiger partial charge in [0.25, 0.3) is 0 Å². The van der Waals surface area contributed by atoms with Crippen LogP contribution in [-0.2, 0) is 38.0 Å². The highest BCUT2D eigenvalue weighted by atomic mass is 16.6. The predicted octanol–water partition coefficient (Wildman–Crippen LogP) is 1.45. The maximum absolute atomic E-state index is 11.4. The van der Waals surface area contributed by atoms with Gasteiger partial charge in [0.2, 0.25) is 0 Å². The Hall–Kier alpha value is -0.770. The zero-order valence-corrected chi connectivity index (χ0v) is 16.8. The molecule has 26 heavy (non-hydrogen) atoms. The minimum absolute atomic E-state index is 0.0657. The molecule has 8 heteroatoms. The third-order valence-electron chi connectivity index (χ3n) is 2.70. The summed E-state index contributed by atoms with van der Waals surface area (Å²) >= 11 is 0. The topological polar surface area (TPSA) is 81.7 Å². The van der Waals surface area contributed by atoms with Gasteiger partial charge in [-0.3, -0.25) is 0 Å². The van der Waals surface area contributed by atoms with E-state index in [0.29, 0.717) is 72.7 Å². The molecule has 8 nitrogen and oxygen atoms in total. The van der Waals surface area contributed by atoms with Crippen molar-refractivity contribution in [2.75, 3.05) is 79.3 Å². The van der Waals surface area contributed by atoms with Crippen LogP contribution in [0.15, 0.2) is 0 Å². The van der Waals surface area contributed by atoms with Crippen LogP contribution in [0.4, 0.5) is 0 Å². The van der Waals surface area contributed by atoms with Crippen molar-refractivity contribution in [2.45, 2.75) is 33.3 Å². The third kappa shape index (κ3) is 21.3. The minimum atomic E-state index is -0.491. The van der Waals surface area contributed by atoms with E-state index < -0.39 is 5.60 Å². The molecule has 0 aliphatic heterocycles. The predicted molar refractivity (Wildman–Crippen MR) is 96.4 cm³/mol. The molecule has 0 bridgehead atoms. The smallest absolute Gasteiger partial charge is 0.332 e. The zero-order valence-electron chi connectivity index (χ0n) is 16.8. The zero-order chi connectivity index (χ0) is 19.5. The van der Waals surface area contributed by atoms with Gasteiger partial charge in [-0.2, -0.15) is 0 Å². The van der Waals surface area contributed by atoms with Crippen LogP contribution in [0.3, 0.4) is 0 Å². The summed E-state index contributed by atoms with van der Waals surface area (Å²) in [5.41, 5.74) is -0.491. The van der Waals surface area contributed by atoms with Gasteiger partial charge in [0.15, 0.2) is 0 Å². The van der Waals surface area contributed by atoms with Crippen LogP contribution >= 0.6 is 0 Å². The summed E-state index contributed by atoms with van der Waals surface area (Å²) in [6.07, 6.45) is 0. The molecule has 0 atom stereocenters. The number of hydrogen-bond donors (Lipinski definition) is 0. The molecule has 0 aromatic rings. The molecule has 0 aliphatic carbocycles. The van der Waals surface area contributed by atoms with Crippen LogP contribution in [0.25, 0.3) is 0 Å². The van der Waals surface area contributed by atoms with E-state index in [0.717, 1.165) is 0 Å². The van der Waals surface area contributed by atoms with E-state index in [1.54, 1.807) is 0 Å². The summed E-state index contributed by atoms with van der Waals surface area (Å²) in [5.74, 6) is -0.375. The summed E-state index contributed by atoms with van der Waals surface area (Å²) in [6.45, 7) is 13.1. The van der Waals surface area contributed by atoms with Gasteiger partial charge in [0.1, 0.15) is 12.2 Å². The van der Waals surface area contributed by atoms with E-state index in [2.05, 4.69) is 0 Å². The van der Waals surface area contributed by atoms with E-state index in [4.69, 9.17) is 33.2 Å². The molecular weight excluding hydrogens is 344 g/mol. The van der Waals surface area contributed by atoms with Crippen molar-refractivity contribution >= 4 is 5.97 Å². The lowest BCUT2D eigenvalue weighted by Gasteiger charge is -2.19. The fourth-order valence-electron chi connectivity index (χ4n) is 1.67. The number of hydrogen-bond acceptors (Lipinski definition) is 8. The molecule has 0 amide bonds. The number of rotatable bonds is 18. The lowest BCUT2D eigenvalue weighted by molar-refractivity contribution is -0.160. The van der Waals surface area contributed by atoms with Crippen molar-refractivity contribution in [1.29, 1.82) is 0 Å². The van der Waals surface area contributed by atoms with Gasteiger partial charge in [-0.15, -0.1) is 0 Å². The second kappa shape index (κ2) is 17.6. The third-order valence-corrected chi connectivity index (χ3v) is 2.70. The van der Waals surface area contributed by atoms with Gasteiger partial charge in [-0.25, -0.2) is 4.79 Å². The quantitative estimate of drug-likeness (QED) is 0.261.